The van der Waals surface area contributed by atoms with Gasteiger partial charge < -0.3 is 4.42 Å². The molecule has 0 atom stereocenters. The first-order valence-electron chi connectivity index (χ1n) is 14.4. The molecule has 206 valence electrons. The van der Waals surface area contributed by atoms with Gasteiger partial charge in [-0.25, -0.2) is 19.9 Å². The maximum atomic E-state index is 6.47. The molecule has 0 spiro atoms. The van der Waals surface area contributed by atoms with Gasteiger partial charge in [-0.05, 0) is 35.7 Å². The Hall–Kier alpha value is -5.72. The maximum Gasteiger partial charge on any atom is 0.227 e. The Morgan fingerprint density at radius 1 is 0.455 bits per heavy atom. The van der Waals surface area contributed by atoms with Crippen LogP contribution in [-0.2, 0) is 0 Å². The highest BCUT2D eigenvalue weighted by Crippen LogP contribution is 2.41. The monoisotopic (exact) mass is 582 g/mol. The van der Waals surface area contributed by atoms with Crippen LogP contribution in [0.2, 0.25) is 0 Å². The molecule has 44 heavy (non-hydrogen) atoms. The second kappa shape index (κ2) is 9.93. The molecule has 0 aliphatic heterocycles. The third kappa shape index (κ3) is 4.00. The fraction of sp³-hybridized carbons (Fsp3) is 0. The number of hydrogen-bond acceptors (Lipinski definition) is 6. The summed E-state index contributed by atoms with van der Waals surface area (Å²) in [7, 11) is 0. The van der Waals surface area contributed by atoms with Gasteiger partial charge in [-0.15, -0.1) is 11.3 Å². The van der Waals surface area contributed by atoms with Gasteiger partial charge in [0.1, 0.15) is 5.52 Å². The highest BCUT2D eigenvalue weighted by atomic mass is 32.1. The Labute approximate surface area is 256 Å². The molecule has 0 saturated carbocycles. The van der Waals surface area contributed by atoms with E-state index in [0.29, 0.717) is 28.9 Å². The standard InChI is InChI=1S/C38H22N4OS/c1-3-11-24(12-4-1)35-40-36(42-37(41-35)28-18-10-20-31-33(28)26-16-7-8-19-30(26)44-31)27-17-9-15-23-21-22-29-34(32(23)27)43-38(39-29)25-13-5-2-6-14-25/h1-22H. The van der Waals surface area contributed by atoms with Gasteiger partial charge in [0, 0.05) is 47.8 Å². The zero-order chi connectivity index (χ0) is 29.0. The summed E-state index contributed by atoms with van der Waals surface area (Å²) in [5, 5.41) is 4.32. The fourth-order valence-electron chi connectivity index (χ4n) is 5.94. The van der Waals surface area contributed by atoms with E-state index in [9.17, 15) is 0 Å². The lowest BCUT2D eigenvalue weighted by atomic mass is 10.0. The van der Waals surface area contributed by atoms with Gasteiger partial charge in [-0.3, -0.25) is 0 Å². The third-order valence-corrected chi connectivity index (χ3v) is 9.11. The van der Waals surface area contributed by atoms with Gasteiger partial charge in [0.2, 0.25) is 5.89 Å². The Morgan fingerprint density at radius 2 is 1.09 bits per heavy atom. The number of benzene rings is 6. The van der Waals surface area contributed by atoms with Crippen LogP contribution < -0.4 is 0 Å². The van der Waals surface area contributed by atoms with Crippen molar-refractivity contribution in [3.8, 4) is 45.6 Å². The summed E-state index contributed by atoms with van der Waals surface area (Å²) in [6, 6.07) is 45.2. The Bertz CT molecular complexity index is 2500. The van der Waals surface area contributed by atoms with Gasteiger partial charge in [0.05, 0.1) is 0 Å². The van der Waals surface area contributed by atoms with Crippen molar-refractivity contribution in [1.29, 1.82) is 0 Å². The first-order chi connectivity index (χ1) is 21.8. The lowest BCUT2D eigenvalue weighted by Crippen LogP contribution is -2.00. The largest absolute Gasteiger partial charge is 0.435 e. The Balaban J connectivity index is 1.33. The molecule has 0 radical (unpaired) electrons. The minimum absolute atomic E-state index is 0.584. The van der Waals surface area contributed by atoms with Crippen LogP contribution in [0.1, 0.15) is 0 Å². The molecule has 0 aliphatic carbocycles. The van der Waals surface area contributed by atoms with Crippen LogP contribution in [0.3, 0.4) is 0 Å². The SMILES string of the molecule is c1ccc(-c2nc(-c3cccc4sc5ccccc5c34)nc(-c3cccc4ccc5nc(-c6ccccc6)oc5c34)n2)cc1. The van der Waals surface area contributed by atoms with Crippen molar-refractivity contribution < 1.29 is 4.42 Å². The van der Waals surface area contributed by atoms with E-state index in [0.717, 1.165) is 43.9 Å². The van der Waals surface area contributed by atoms with E-state index in [-0.39, 0.29) is 0 Å². The van der Waals surface area contributed by atoms with Crippen LogP contribution >= 0.6 is 11.3 Å². The van der Waals surface area contributed by atoms with Crippen molar-refractivity contribution in [1.82, 2.24) is 19.9 Å². The minimum Gasteiger partial charge on any atom is -0.435 e. The molecule has 0 N–H and O–H groups in total. The molecule has 0 saturated heterocycles. The van der Waals surface area contributed by atoms with Gasteiger partial charge in [-0.1, -0.05) is 103 Å². The third-order valence-electron chi connectivity index (χ3n) is 7.97. The summed E-state index contributed by atoms with van der Waals surface area (Å²) >= 11 is 1.78. The highest BCUT2D eigenvalue weighted by Gasteiger charge is 2.20. The van der Waals surface area contributed by atoms with Crippen LogP contribution in [0.25, 0.3) is 87.7 Å². The van der Waals surface area contributed by atoms with Crippen molar-refractivity contribution >= 4 is 53.4 Å². The normalized spacial score (nSPS) is 11.6. The average Bonchev–Trinajstić information content (AvgIpc) is 3.71. The zero-order valence-corrected chi connectivity index (χ0v) is 24.1. The topological polar surface area (TPSA) is 64.7 Å². The maximum absolute atomic E-state index is 6.47. The smallest absolute Gasteiger partial charge is 0.227 e. The van der Waals surface area contributed by atoms with Crippen LogP contribution in [0.15, 0.2) is 138 Å². The molecule has 0 amide bonds. The summed E-state index contributed by atoms with van der Waals surface area (Å²) in [5.41, 5.74) is 5.21. The zero-order valence-electron chi connectivity index (χ0n) is 23.3. The van der Waals surface area contributed by atoms with E-state index in [1.54, 1.807) is 11.3 Å². The summed E-state index contributed by atoms with van der Waals surface area (Å²) in [6.45, 7) is 0. The minimum atomic E-state index is 0.584. The molecule has 6 aromatic carbocycles. The van der Waals surface area contributed by atoms with Crippen LogP contribution in [0.4, 0.5) is 0 Å². The number of thiophene rings is 1. The van der Waals surface area contributed by atoms with Crippen LogP contribution in [0, 0.1) is 0 Å². The van der Waals surface area contributed by atoms with E-state index in [1.165, 1.54) is 14.8 Å². The molecule has 0 bridgehead atoms. The van der Waals surface area contributed by atoms with Gasteiger partial charge >= 0.3 is 0 Å². The summed E-state index contributed by atoms with van der Waals surface area (Å²) < 4.78 is 8.92. The van der Waals surface area contributed by atoms with Gasteiger partial charge in [0.25, 0.3) is 0 Å². The number of rotatable bonds is 4. The summed E-state index contributed by atoms with van der Waals surface area (Å²) in [4.78, 5) is 20.2. The molecule has 3 aromatic heterocycles. The molecule has 5 nitrogen and oxygen atoms in total. The van der Waals surface area contributed by atoms with Crippen LogP contribution in [-0.4, -0.2) is 19.9 Å². The number of oxazole rings is 1. The summed E-state index contributed by atoms with van der Waals surface area (Å²) in [5.74, 6) is 2.42. The van der Waals surface area contributed by atoms with E-state index >= 15 is 0 Å². The van der Waals surface area contributed by atoms with E-state index in [4.69, 9.17) is 24.4 Å². The fourth-order valence-corrected chi connectivity index (χ4v) is 7.07. The quantitative estimate of drug-likeness (QED) is 0.207. The molecule has 0 aliphatic rings. The average molecular weight is 583 g/mol. The summed E-state index contributed by atoms with van der Waals surface area (Å²) in [6.07, 6.45) is 0. The van der Waals surface area contributed by atoms with E-state index < -0.39 is 0 Å². The second-order valence-electron chi connectivity index (χ2n) is 10.7. The molecule has 3 heterocycles. The van der Waals surface area contributed by atoms with Crippen molar-refractivity contribution in [2.45, 2.75) is 0 Å². The Morgan fingerprint density at radius 3 is 1.89 bits per heavy atom. The number of fused-ring (bicyclic) bond motifs is 6. The van der Waals surface area contributed by atoms with Gasteiger partial charge in [-0.2, -0.15) is 0 Å². The van der Waals surface area contributed by atoms with Crippen LogP contribution in [0.5, 0.6) is 0 Å². The highest BCUT2D eigenvalue weighted by molar-refractivity contribution is 7.25. The molecular weight excluding hydrogens is 561 g/mol. The van der Waals surface area contributed by atoms with Crippen molar-refractivity contribution in [3.05, 3.63) is 133 Å². The van der Waals surface area contributed by atoms with Gasteiger partial charge in [0.15, 0.2) is 23.1 Å². The van der Waals surface area contributed by atoms with Crippen molar-refractivity contribution in [2.75, 3.05) is 0 Å². The Kier molecular flexibility index (Phi) is 5.61. The molecule has 6 heteroatoms. The number of hydrogen-bond donors (Lipinski definition) is 0. The van der Waals surface area contributed by atoms with Crippen molar-refractivity contribution in [2.24, 2.45) is 0 Å². The lowest BCUT2D eigenvalue weighted by molar-refractivity contribution is 0.623. The molecule has 0 unspecified atom stereocenters. The van der Waals surface area contributed by atoms with Crippen molar-refractivity contribution in [3.63, 3.8) is 0 Å². The second-order valence-corrected chi connectivity index (χ2v) is 11.7. The molecular formula is C38H22N4OS. The van der Waals surface area contributed by atoms with E-state index in [1.807, 2.05) is 72.8 Å². The predicted octanol–water partition coefficient (Wildman–Crippen LogP) is 10.2. The molecule has 0 fully saturated rings. The number of aromatic nitrogens is 4. The number of nitrogens with zero attached hydrogens (tertiary/aromatic N) is 4. The predicted molar refractivity (Wildman–Crippen MR) is 180 cm³/mol. The molecule has 9 rings (SSSR count). The van der Waals surface area contributed by atoms with E-state index in [2.05, 4.69) is 60.7 Å². The first-order valence-corrected chi connectivity index (χ1v) is 15.2. The first kappa shape index (κ1) is 24.8. The molecule has 9 aromatic rings. The lowest BCUT2D eigenvalue weighted by Gasteiger charge is -2.11.